The van der Waals surface area contributed by atoms with Gasteiger partial charge in [0.05, 0.1) is 22.1 Å². The summed E-state index contributed by atoms with van der Waals surface area (Å²) < 4.78 is 4.91. The van der Waals surface area contributed by atoms with Crippen molar-refractivity contribution in [2.24, 2.45) is 0 Å². The van der Waals surface area contributed by atoms with Gasteiger partial charge < -0.3 is 9.13 Å². The highest BCUT2D eigenvalue weighted by Gasteiger charge is 2.24. The Labute approximate surface area is 296 Å². The fourth-order valence-corrected chi connectivity index (χ4v) is 9.12. The normalized spacial score (nSPS) is 14.4. The summed E-state index contributed by atoms with van der Waals surface area (Å²) in [6, 6.07) is 58.4. The summed E-state index contributed by atoms with van der Waals surface area (Å²) in [5.74, 6) is 0.404. The number of aromatic nitrogens is 2. The molecule has 10 aromatic rings. The number of hydrogen-bond acceptors (Lipinski definition) is 0. The molecule has 0 N–H and O–H groups in total. The van der Waals surface area contributed by atoms with Crippen LogP contribution in [0.3, 0.4) is 0 Å². The van der Waals surface area contributed by atoms with Crippen LogP contribution in [0.15, 0.2) is 164 Å². The summed E-state index contributed by atoms with van der Waals surface area (Å²) in [4.78, 5) is 0. The smallest absolute Gasteiger partial charge is 0.0547 e. The molecule has 0 saturated carbocycles. The van der Waals surface area contributed by atoms with Crippen molar-refractivity contribution in [1.29, 1.82) is 0 Å². The average molecular weight is 651 g/mol. The molecule has 0 fully saturated rings. The van der Waals surface area contributed by atoms with Gasteiger partial charge in [0.1, 0.15) is 0 Å². The first-order valence-corrected chi connectivity index (χ1v) is 18.0. The SMILES string of the molecule is CC1CC=Cc2c1c1cc(-n3c4ccccc4c4ccccc43)cc(-c3ccc4c5ccccc5n(-c5ccccc5)c4c3)c1c1ccccc21. The Morgan fingerprint density at radius 2 is 1.00 bits per heavy atom. The zero-order chi connectivity index (χ0) is 33.6. The standard InChI is InChI=1S/C49H34N2/c1-31-14-13-22-40-35-17-5-6-21-41(35)49-42(32-26-27-39-38-20-9-10-23-44(38)50(47(39)28-32)33-15-3-2-4-16-33)29-34(30-43(49)48(31)40)51-45-24-11-7-18-36(45)37-19-8-12-25-46(37)51/h2-13,15-31H,14H2,1H3. The lowest BCUT2D eigenvalue weighted by Gasteiger charge is -2.25. The molecule has 0 aliphatic heterocycles. The van der Waals surface area contributed by atoms with Crippen molar-refractivity contribution in [3.63, 3.8) is 0 Å². The Balaban J connectivity index is 1.32. The lowest BCUT2D eigenvalue weighted by Crippen LogP contribution is -2.04. The first-order chi connectivity index (χ1) is 25.2. The van der Waals surface area contributed by atoms with Crippen molar-refractivity contribution in [3.8, 4) is 22.5 Å². The molecule has 2 aromatic heterocycles. The summed E-state index contributed by atoms with van der Waals surface area (Å²) in [6.45, 7) is 2.40. The minimum Gasteiger partial charge on any atom is -0.309 e. The molecule has 0 saturated heterocycles. The van der Waals surface area contributed by atoms with E-state index in [9.17, 15) is 0 Å². The third kappa shape index (κ3) is 4.05. The van der Waals surface area contributed by atoms with Crippen LogP contribution in [-0.2, 0) is 0 Å². The molecule has 11 rings (SSSR count). The van der Waals surface area contributed by atoms with Crippen molar-refractivity contribution in [3.05, 3.63) is 175 Å². The van der Waals surface area contributed by atoms with Crippen LogP contribution in [0.1, 0.15) is 30.4 Å². The molecule has 0 bridgehead atoms. The van der Waals surface area contributed by atoms with Crippen LogP contribution in [0.2, 0.25) is 0 Å². The van der Waals surface area contributed by atoms with Crippen molar-refractivity contribution in [1.82, 2.24) is 9.13 Å². The fourth-order valence-electron chi connectivity index (χ4n) is 9.12. The Morgan fingerprint density at radius 1 is 0.451 bits per heavy atom. The number of para-hydroxylation sites is 4. The van der Waals surface area contributed by atoms with E-state index in [1.165, 1.54) is 98.8 Å². The van der Waals surface area contributed by atoms with Crippen LogP contribution >= 0.6 is 0 Å². The summed E-state index contributed by atoms with van der Waals surface area (Å²) in [7, 11) is 0. The van der Waals surface area contributed by atoms with Crippen molar-refractivity contribution < 1.29 is 0 Å². The number of allylic oxidation sites excluding steroid dienone is 1. The maximum Gasteiger partial charge on any atom is 0.0547 e. The minimum absolute atomic E-state index is 0.404. The van der Waals surface area contributed by atoms with E-state index in [-0.39, 0.29) is 0 Å². The molecule has 8 aromatic carbocycles. The maximum absolute atomic E-state index is 2.48. The van der Waals surface area contributed by atoms with Crippen LogP contribution < -0.4 is 0 Å². The number of rotatable bonds is 3. The molecule has 0 spiro atoms. The molecule has 1 aliphatic carbocycles. The highest BCUT2D eigenvalue weighted by atomic mass is 15.0. The quantitative estimate of drug-likeness (QED) is 0.168. The molecule has 0 amide bonds. The lowest BCUT2D eigenvalue weighted by molar-refractivity contribution is 0.781. The molecule has 51 heavy (non-hydrogen) atoms. The number of fused-ring (bicyclic) bond motifs is 12. The van der Waals surface area contributed by atoms with E-state index in [4.69, 9.17) is 0 Å². The molecular formula is C49H34N2. The van der Waals surface area contributed by atoms with Gasteiger partial charge in [-0.25, -0.2) is 0 Å². The second-order valence-electron chi connectivity index (χ2n) is 14.1. The predicted octanol–water partition coefficient (Wildman–Crippen LogP) is 13.4. The van der Waals surface area contributed by atoms with Gasteiger partial charge in [0.25, 0.3) is 0 Å². The zero-order valence-corrected chi connectivity index (χ0v) is 28.3. The van der Waals surface area contributed by atoms with Gasteiger partial charge in [-0.2, -0.15) is 0 Å². The Morgan fingerprint density at radius 3 is 1.67 bits per heavy atom. The van der Waals surface area contributed by atoms with E-state index >= 15 is 0 Å². The maximum atomic E-state index is 2.48. The topological polar surface area (TPSA) is 9.86 Å². The fraction of sp³-hybridized carbons (Fsp3) is 0.0612. The Bertz CT molecular complexity index is 3010. The largest absolute Gasteiger partial charge is 0.309 e. The predicted molar refractivity (Wildman–Crippen MR) is 218 cm³/mol. The van der Waals surface area contributed by atoms with Gasteiger partial charge >= 0.3 is 0 Å². The molecule has 2 heterocycles. The molecule has 240 valence electrons. The van der Waals surface area contributed by atoms with Crippen molar-refractivity contribution in [2.45, 2.75) is 19.3 Å². The summed E-state index contributed by atoms with van der Waals surface area (Å²) in [6.07, 6.45) is 5.77. The van der Waals surface area contributed by atoms with Crippen LogP contribution in [0.4, 0.5) is 0 Å². The Hall–Kier alpha value is -6.38. The highest BCUT2D eigenvalue weighted by Crippen LogP contribution is 2.47. The Kier molecular flexibility index (Phi) is 6.03. The van der Waals surface area contributed by atoms with Gasteiger partial charge in [-0.3, -0.25) is 0 Å². The van der Waals surface area contributed by atoms with Crippen LogP contribution in [0, 0.1) is 0 Å². The molecule has 2 heteroatoms. The molecule has 1 aliphatic rings. The average Bonchev–Trinajstić information content (AvgIpc) is 3.70. The number of hydrogen-bond donors (Lipinski definition) is 0. The van der Waals surface area contributed by atoms with Gasteiger partial charge in [0.2, 0.25) is 0 Å². The van der Waals surface area contributed by atoms with Gasteiger partial charge in [-0.1, -0.05) is 128 Å². The van der Waals surface area contributed by atoms with E-state index in [0.717, 1.165) is 6.42 Å². The summed E-state index contributed by atoms with van der Waals surface area (Å²) in [5, 5.41) is 10.4. The second-order valence-corrected chi connectivity index (χ2v) is 14.1. The van der Waals surface area contributed by atoms with E-state index in [0.29, 0.717) is 5.92 Å². The van der Waals surface area contributed by atoms with E-state index < -0.39 is 0 Å². The van der Waals surface area contributed by atoms with Crippen molar-refractivity contribution in [2.75, 3.05) is 0 Å². The third-order valence-electron chi connectivity index (χ3n) is 11.3. The molecule has 1 unspecified atom stereocenters. The van der Waals surface area contributed by atoms with Crippen molar-refractivity contribution >= 4 is 71.2 Å². The molecule has 0 radical (unpaired) electrons. The minimum atomic E-state index is 0.404. The second kappa shape index (κ2) is 10.8. The van der Waals surface area contributed by atoms with Gasteiger partial charge in [0, 0.05) is 32.9 Å². The van der Waals surface area contributed by atoms with E-state index in [1.807, 2.05) is 0 Å². The zero-order valence-electron chi connectivity index (χ0n) is 28.3. The lowest BCUT2D eigenvalue weighted by atomic mass is 9.79. The highest BCUT2D eigenvalue weighted by molar-refractivity contribution is 6.20. The number of nitrogens with zero attached hydrogens (tertiary/aromatic N) is 2. The van der Waals surface area contributed by atoms with Crippen LogP contribution in [0.25, 0.3) is 93.7 Å². The van der Waals surface area contributed by atoms with E-state index in [2.05, 4.69) is 186 Å². The third-order valence-corrected chi connectivity index (χ3v) is 11.3. The molecular weight excluding hydrogens is 617 g/mol. The van der Waals surface area contributed by atoms with Gasteiger partial charge in [-0.15, -0.1) is 0 Å². The first kappa shape index (κ1) is 28.5. The molecule has 1 atom stereocenters. The monoisotopic (exact) mass is 650 g/mol. The number of benzene rings is 8. The van der Waals surface area contributed by atoms with Gasteiger partial charge in [-0.05, 0) is 105 Å². The first-order valence-electron chi connectivity index (χ1n) is 18.0. The van der Waals surface area contributed by atoms with Gasteiger partial charge in [0.15, 0.2) is 0 Å². The van der Waals surface area contributed by atoms with E-state index in [1.54, 1.807) is 0 Å². The molecule has 2 nitrogen and oxygen atoms in total. The summed E-state index contributed by atoms with van der Waals surface area (Å²) >= 11 is 0. The van der Waals surface area contributed by atoms with Crippen LogP contribution in [-0.4, -0.2) is 9.13 Å². The van der Waals surface area contributed by atoms with Crippen LogP contribution in [0.5, 0.6) is 0 Å². The summed E-state index contributed by atoms with van der Waals surface area (Å²) in [5.41, 5.74) is 12.6.